The summed E-state index contributed by atoms with van der Waals surface area (Å²) in [5, 5.41) is 3.60. The molecule has 0 saturated carbocycles. The third-order valence-corrected chi connectivity index (χ3v) is 5.00. The molecule has 1 amide bonds. The number of halogens is 2. The molecule has 0 aliphatic carbocycles. The number of benzene rings is 2. The lowest BCUT2D eigenvalue weighted by atomic mass is 10.1. The highest BCUT2D eigenvalue weighted by Gasteiger charge is 2.11. The van der Waals surface area contributed by atoms with Gasteiger partial charge in [0.1, 0.15) is 5.75 Å². The van der Waals surface area contributed by atoms with E-state index in [-0.39, 0.29) is 5.91 Å². The van der Waals surface area contributed by atoms with E-state index in [9.17, 15) is 4.79 Å². The van der Waals surface area contributed by atoms with Gasteiger partial charge in [0.05, 0.1) is 11.1 Å². The lowest BCUT2D eigenvalue weighted by molar-refractivity contribution is -0.116. The monoisotopic (exact) mass is 395 g/mol. The van der Waals surface area contributed by atoms with Crippen LogP contribution in [0.1, 0.15) is 24.0 Å². The van der Waals surface area contributed by atoms with E-state index in [2.05, 4.69) is 21.2 Å². The van der Waals surface area contributed by atoms with Crippen molar-refractivity contribution in [1.29, 1.82) is 0 Å². The predicted molar refractivity (Wildman–Crippen MR) is 98.4 cm³/mol. The topological polar surface area (TPSA) is 38.3 Å². The Morgan fingerprint density at radius 1 is 1.26 bits per heavy atom. The van der Waals surface area contributed by atoms with Crippen molar-refractivity contribution in [2.24, 2.45) is 0 Å². The molecular weight excluding hydrogens is 378 g/mol. The number of para-hydroxylation sites is 1. The first-order valence-corrected chi connectivity index (χ1v) is 8.59. The van der Waals surface area contributed by atoms with Gasteiger partial charge in [0.2, 0.25) is 5.91 Å². The van der Waals surface area contributed by atoms with Crippen LogP contribution in [0.3, 0.4) is 0 Å². The summed E-state index contributed by atoms with van der Waals surface area (Å²) in [7, 11) is 0. The van der Waals surface area contributed by atoms with Crippen molar-refractivity contribution in [3.8, 4) is 5.75 Å². The van der Waals surface area contributed by atoms with Crippen molar-refractivity contribution >= 4 is 39.1 Å². The number of hydrogen-bond acceptors (Lipinski definition) is 2. The number of aryl methyl sites for hydroxylation is 1. The van der Waals surface area contributed by atoms with Gasteiger partial charge in [-0.15, -0.1) is 0 Å². The fourth-order valence-electron chi connectivity index (χ4n) is 2.17. The summed E-state index contributed by atoms with van der Waals surface area (Å²) in [6.07, 6.45) is 1.06. The fraction of sp³-hybridized carbons (Fsp3) is 0.278. The van der Waals surface area contributed by atoms with Crippen molar-refractivity contribution in [2.45, 2.75) is 26.7 Å². The molecule has 0 atom stereocenters. The molecule has 0 saturated heterocycles. The summed E-state index contributed by atoms with van der Waals surface area (Å²) in [6.45, 7) is 4.36. The molecule has 0 radical (unpaired) electrons. The lowest BCUT2D eigenvalue weighted by Crippen LogP contribution is -2.12. The molecular formula is C18H19BrClNO2. The molecule has 0 spiro atoms. The molecule has 0 bridgehead atoms. The van der Waals surface area contributed by atoms with E-state index >= 15 is 0 Å². The van der Waals surface area contributed by atoms with Gasteiger partial charge in [-0.05, 0) is 65.5 Å². The zero-order valence-corrected chi connectivity index (χ0v) is 15.5. The van der Waals surface area contributed by atoms with E-state index in [1.165, 1.54) is 0 Å². The van der Waals surface area contributed by atoms with Crippen LogP contribution in [0.4, 0.5) is 5.69 Å². The average Bonchev–Trinajstić information content (AvgIpc) is 2.55. The van der Waals surface area contributed by atoms with E-state index in [1.54, 1.807) is 0 Å². The van der Waals surface area contributed by atoms with Crippen LogP contribution >= 0.6 is 27.5 Å². The van der Waals surface area contributed by atoms with Crippen LogP contribution in [0.25, 0.3) is 0 Å². The summed E-state index contributed by atoms with van der Waals surface area (Å²) in [5.74, 6) is 0.746. The van der Waals surface area contributed by atoms with Crippen molar-refractivity contribution in [1.82, 2.24) is 0 Å². The minimum Gasteiger partial charge on any atom is -0.492 e. The van der Waals surface area contributed by atoms with Crippen molar-refractivity contribution in [2.75, 3.05) is 11.9 Å². The Morgan fingerprint density at radius 2 is 1.96 bits per heavy atom. The zero-order chi connectivity index (χ0) is 16.8. The molecule has 2 aromatic rings. The number of nitrogens with one attached hydrogen (secondary N) is 1. The maximum absolute atomic E-state index is 11.9. The Bertz CT molecular complexity index is 689. The van der Waals surface area contributed by atoms with Gasteiger partial charge in [-0.25, -0.2) is 0 Å². The summed E-state index contributed by atoms with van der Waals surface area (Å²) in [6, 6.07) is 11.3. The third kappa shape index (κ3) is 4.98. The molecule has 23 heavy (non-hydrogen) atoms. The number of ether oxygens (including phenoxy) is 1. The first-order chi connectivity index (χ1) is 11.0. The number of anilines is 1. The highest BCUT2D eigenvalue weighted by atomic mass is 79.9. The van der Waals surface area contributed by atoms with Crippen LogP contribution in [0.2, 0.25) is 5.02 Å². The van der Waals surface area contributed by atoms with Gasteiger partial charge in [-0.3, -0.25) is 4.79 Å². The minimum atomic E-state index is -0.0117. The number of carbonyl (C=O) groups is 1. The first kappa shape index (κ1) is 17.8. The maximum atomic E-state index is 11.9. The second kappa shape index (κ2) is 8.37. The van der Waals surface area contributed by atoms with Crippen LogP contribution in [-0.2, 0) is 4.79 Å². The molecule has 2 rings (SSSR count). The van der Waals surface area contributed by atoms with Gasteiger partial charge in [0, 0.05) is 17.1 Å². The van der Waals surface area contributed by atoms with Crippen LogP contribution in [0, 0.1) is 13.8 Å². The summed E-state index contributed by atoms with van der Waals surface area (Å²) in [4.78, 5) is 11.9. The summed E-state index contributed by atoms with van der Waals surface area (Å²) < 4.78 is 6.63. The number of hydrogen-bond donors (Lipinski definition) is 1. The van der Waals surface area contributed by atoms with Crippen LogP contribution in [-0.4, -0.2) is 12.5 Å². The van der Waals surface area contributed by atoms with Crippen LogP contribution in [0.5, 0.6) is 5.75 Å². The third-order valence-electron chi connectivity index (χ3n) is 3.43. The Labute approximate surface area is 150 Å². The second-order valence-corrected chi connectivity index (χ2v) is 6.48. The smallest absolute Gasteiger partial charge is 0.224 e. The molecule has 1 N–H and O–H groups in total. The Balaban J connectivity index is 1.81. The molecule has 0 aliphatic heterocycles. The van der Waals surface area contributed by atoms with Gasteiger partial charge in [0.25, 0.3) is 0 Å². The Hall–Kier alpha value is -1.52. The van der Waals surface area contributed by atoms with Crippen molar-refractivity contribution in [3.63, 3.8) is 0 Å². The van der Waals surface area contributed by atoms with Crippen LogP contribution in [0.15, 0.2) is 40.9 Å². The highest BCUT2D eigenvalue weighted by molar-refractivity contribution is 9.10. The number of amides is 1. The minimum absolute atomic E-state index is 0.0117. The van der Waals surface area contributed by atoms with Crippen molar-refractivity contribution < 1.29 is 9.53 Å². The van der Waals surface area contributed by atoms with E-state index in [0.717, 1.165) is 32.1 Å². The van der Waals surface area contributed by atoms with Gasteiger partial charge >= 0.3 is 0 Å². The van der Waals surface area contributed by atoms with Gasteiger partial charge < -0.3 is 10.1 Å². The molecule has 2 aromatic carbocycles. The fourth-order valence-corrected chi connectivity index (χ4v) is 2.86. The average molecular weight is 397 g/mol. The highest BCUT2D eigenvalue weighted by Crippen LogP contribution is 2.35. The maximum Gasteiger partial charge on any atom is 0.224 e. The molecule has 0 aliphatic rings. The molecule has 122 valence electrons. The largest absolute Gasteiger partial charge is 0.492 e. The van der Waals surface area contributed by atoms with Crippen molar-refractivity contribution in [3.05, 3.63) is 57.0 Å². The van der Waals surface area contributed by atoms with Crippen LogP contribution < -0.4 is 10.1 Å². The van der Waals surface area contributed by atoms with E-state index < -0.39 is 0 Å². The quantitative estimate of drug-likeness (QED) is 0.653. The molecule has 5 heteroatoms. The number of carbonyl (C=O) groups excluding carboxylic acids is 1. The zero-order valence-electron chi connectivity index (χ0n) is 13.2. The van der Waals surface area contributed by atoms with Gasteiger partial charge in [0.15, 0.2) is 0 Å². The second-order valence-electron chi connectivity index (χ2n) is 5.31. The summed E-state index contributed by atoms with van der Waals surface area (Å²) >= 11 is 9.70. The standard InChI is InChI=1S/C18H19BrClNO2/c1-12-11-15(17(19)13(2)18(12)20)23-10-6-9-16(22)21-14-7-4-3-5-8-14/h3-5,7-8,11H,6,9-10H2,1-2H3,(H,21,22). The molecule has 0 fully saturated rings. The van der Waals surface area contributed by atoms with Gasteiger partial charge in [-0.1, -0.05) is 29.8 Å². The predicted octanol–water partition coefficient (Wildman–Crippen LogP) is 5.52. The normalized spacial score (nSPS) is 10.4. The summed E-state index contributed by atoms with van der Waals surface area (Å²) in [5.41, 5.74) is 2.75. The Kier molecular flexibility index (Phi) is 6.48. The Morgan fingerprint density at radius 3 is 2.65 bits per heavy atom. The first-order valence-electron chi connectivity index (χ1n) is 7.42. The van der Waals surface area contributed by atoms with E-state index in [1.807, 2.05) is 50.2 Å². The molecule has 0 unspecified atom stereocenters. The van der Waals surface area contributed by atoms with E-state index in [0.29, 0.717) is 19.4 Å². The van der Waals surface area contributed by atoms with Gasteiger partial charge in [-0.2, -0.15) is 0 Å². The van der Waals surface area contributed by atoms with E-state index in [4.69, 9.17) is 16.3 Å². The SMILES string of the molecule is Cc1cc(OCCCC(=O)Nc2ccccc2)c(Br)c(C)c1Cl. The molecule has 3 nitrogen and oxygen atoms in total. The molecule has 0 aromatic heterocycles. The molecule has 0 heterocycles. The number of rotatable bonds is 6. The lowest BCUT2D eigenvalue weighted by Gasteiger charge is -2.13.